The first-order valence-electron chi connectivity index (χ1n) is 8.54. The monoisotopic (exact) mass is 339 g/mol. The van der Waals surface area contributed by atoms with Crippen molar-refractivity contribution in [1.29, 1.82) is 0 Å². The van der Waals surface area contributed by atoms with E-state index in [9.17, 15) is 9.59 Å². The normalized spacial score (nSPS) is 10.2. The summed E-state index contributed by atoms with van der Waals surface area (Å²) in [6.07, 6.45) is 2.28. The second-order valence-electron chi connectivity index (χ2n) is 6.00. The Kier molecular flexibility index (Phi) is 7.01. The molecule has 2 rings (SSSR count). The van der Waals surface area contributed by atoms with Crippen LogP contribution in [-0.4, -0.2) is 30.4 Å². The van der Waals surface area contributed by atoms with Crippen LogP contribution in [0, 0.1) is 0 Å². The highest BCUT2D eigenvalue weighted by atomic mass is 16.2. The Morgan fingerprint density at radius 3 is 2.40 bits per heavy atom. The van der Waals surface area contributed by atoms with Gasteiger partial charge in [0, 0.05) is 25.0 Å². The molecule has 0 spiro atoms. The van der Waals surface area contributed by atoms with Gasteiger partial charge in [0.15, 0.2) is 0 Å². The molecule has 0 saturated heterocycles. The first kappa shape index (κ1) is 18.5. The van der Waals surface area contributed by atoms with Crippen LogP contribution >= 0.6 is 0 Å². The number of hydrogen-bond donors (Lipinski definition) is 2. The van der Waals surface area contributed by atoms with Crippen LogP contribution in [0.2, 0.25) is 0 Å². The van der Waals surface area contributed by atoms with Crippen molar-refractivity contribution in [1.82, 2.24) is 4.90 Å². The number of hydrogen-bond acceptors (Lipinski definition) is 2. The van der Waals surface area contributed by atoms with Gasteiger partial charge in [-0.15, -0.1) is 0 Å². The molecule has 25 heavy (non-hydrogen) atoms. The van der Waals surface area contributed by atoms with Crippen LogP contribution in [0.4, 0.5) is 16.2 Å². The molecule has 0 aliphatic heterocycles. The summed E-state index contributed by atoms with van der Waals surface area (Å²) in [5.41, 5.74) is 2.32. The summed E-state index contributed by atoms with van der Waals surface area (Å²) >= 11 is 0. The summed E-state index contributed by atoms with van der Waals surface area (Å²) in [6, 6.07) is 16.6. The molecule has 5 heteroatoms. The zero-order valence-corrected chi connectivity index (χ0v) is 14.8. The lowest BCUT2D eigenvalue weighted by Crippen LogP contribution is -2.32. The fourth-order valence-corrected chi connectivity index (χ4v) is 2.39. The van der Waals surface area contributed by atoms with Crippen molar-refractivity contribution in [3.8, 4) is 0 Å². The van der Waals surface area contributed by atoms with Crippen LogP contribution in [-0.2, 0) is 11.2 Å². The Labute approximate surface area is 149 Å². The summed E-state index contributed by atoms with van der Waals surface area (Å²) < 4.78 is 0. The highest BCUT2D eigenvalue weighted by molar-refractivity contribution is 5.93. The highest BCUT2D eigenvalue weighted by Crippen LogP contribution is 2.13. The lowest BCUT2D eigenvalue weighted by Gasteiger charge is -2.17. The topological polar surface area (TPSA) is 61.4 Å². The summed E-state index contributed by atoms with van der Waals surface area (Å²) in [5, 5.41) is 5.73. The third-order valence-electron chi connectivity index (χ3n) is 3.79. The molecule has 0 radical (unpaired) electrons. The molecular weight excluding hydrogens is 314 g/mol. The van der Waals surface area contributed by atoms with E-state index in [4.69, 9.17) is 0 Å². The minimum absolute atomic E-state index is 0.0882. The first-order chi connectivity index (χ1) is 12.1. The number of carbonyl (C=O) groups is 2. The van der Waals surface area contributed by atoms with E-state index in [2.05, 4.69) is 17.6 Å². The van der Waals surface area contributed by atoms with Gasteiger partial charge >= 0.3 is 6.03 Å². The molecule has 3 amide bonds. The Bertz CT molecular complexity index is 701. The number of unbranched alkanes of at least 4 members (excludes halogenated alkanes) is 1. The zero-order chi connectivity index (χ0) is 18.1. The van der Waals surface area contributed by atoms with Gasteiger partial charge in [0.2, 0.25) is 5.91 Å². The molecule has 0 unspecified atom stereocenters. The quantitative estimate of drug-likeness (QED) is 0.797. The smallest absolute Gasteiger partial charge is 0.321 e. The highest BCUT2D eigenvalue weighted by Gasteiger charge is 2.09. The maximum Gasteiger partial charge on any atom is 0.321 e. The van der Waals surface area contributed by atoms with E-state index in [0.29, 0.717) is 5.69 Å². The first-order valence-corrected chi connectivity index (χ1v) is 8.54. The molecule has 0 heterocycles. The molecule has 132 valence electrons. The Hall–Kier alpha value is -2.82. The predicted molar refractivity (Wildman–Crippen MR) is 102 cm³/mol. The predicted octanol–water partition coefficient (Wildman–Crippen LogP) is 4.13. The van der Waals surface area contributed by atoms with Crippen molar-refractivity contribution < 1.29 is 9.59 Å². The van der Waals surface area contributed by atoms with E-state index in [0.717, 1.165) is 30.6 Å². The van der Waals surface area contributed by atoms with Gasteiger partial charge in [-0.1, -0.05) is 43.7 Å². The molecule has 0 aromatic heterocycles. The van der Waals surface area contributed by atoms with Crippen molar-refractivity contribution in [3.63, 3.8) is 0 Å². The maximum absolute atomic E-state index is 12.1. The Morgan fingerprint density at radius 1 is 0.960 bits per heavy atom. The molecular formula is C20H25N3O2. The third kappa shape index (κ3) is 6.30. The molecule has 5 nitrogen and oxygen atoms in total. The van der Waals surface area contributed by atoms with Crippen LogP contribution < -0.4 is 10.6 Å². The van der Waals surface area contributed by atoms with Gasteiger partial charge in [0.1, 0.15) is 0 Å². The number of carbonyl (C=O) groups excluding carboxylic acids is 2. The number of nitrogens with one attached hydrogen (secondary N) is 2. The zero-order valence-electron chi connectivity index (χ0n) is 14.8. The maximum atomic E-state index is 12.1. The van der Waals surface area contributed by atoms with Gasteiger partial charge in [0.25, 0.3) is 0 Å². The fraction of sp³-hybridized carbons (Fsp3) is 0.300. The lowest BCUT2D eigenvalue weighted by molar-refractivity contribution is -0.115. The summed E-state index contributed by atoms with van der Waals surface area (Å²) in [6.45, 7) is 2.82. The number of para-hydroxylation sites is 1. The van der Waals surface area contributed by atoms with Gasteiger partial charge in [-0.25, -0.2) is 4.79 Å². The molecule has 0 atom stereocenters. The standard InChI is InChI=1S/C20H25N3O2/c1-3-4-13-23(2)20(25)22-18-12-8-9-16(14-18)15-19(24)21-17-10-6-5-7-11-17/h5-12,14H,3-4,13,15H2,1-2H3,(H,21,24)(H,22,25). The van der Waals surface area contributed by atoms with Crippen molar-refractivity contribution in [3.05, 3.63) is 60.2 Å². The molecule has 2 aromatic carbocycles. The van der Waals surface area contributed by atoms with Crippen LogP contribution in [0.1, 0.15) is 25.3 Å². The van der Waals surface area contributed by atoms with Crippen molar-refractivity contribution in [2.24, 2.45) is 0 Å². The van der Waals surface area contributed by atoms with Crippen LogP contribution in [0.5, 0.6) is 0 Å². The van der Waals surface area contributed by atoms with E-state index < -0.39 is 0 Å². The average molecular weight is 339 g/mol. The SMILES string of the molecule is CCCCN(C)C(=O)Nc1cccc(CC(=O)Nc2ccccc2)c1. The van der Waals surface area contributed by atoms with Gasteiger partial charge in [-0.05, 0) is 36.2 Å². The largest absolute Gasteiger partial charge is 0.328 e. The minimum atomic E-state index is -0.140. The second-order valence-corrected chi connectivity index (χ2v) is 6.00. The number of nitrogens with zero attached hydrogens (tertiary/aromatic N) is 1. The lowest BCUT2D eigenvalue weighted by atomic mass is 10.1. The van der Waals surface area contributed by atoms with Gasteiger partial charge in [-0.3, -0.25) is 4.79 Å². The number of benzene rings is 2. The van der Waals surface area contributed by atoms with Gasteiger partial charge in [-0.2, -0.15) is 0 Å². The molecule has 0 aliphatic carbocycles. The van der Waals surface area contributed by atoms with Gasteiger partial charge < -0.3 is 15.5 Å². The summed E-state index contributed by atoms with van der Waals surface area (Å²) in [7, 11) is 1.78. The Balaban J connectivity index is 1.92. The number of rotatable bonds is 7. The van der Waals surface area contributed by atoms with Crippen molar-refractivity contribution >= 4 is 23.3 Å². The summed E-state index contributed by atoms with van der Waals surface area (Å²) in [4.78, 5) is 25.9. The Morgan fingerprint density at radius 2 is 1.68 bits per heavy atom. The molecule has 0 aliphatic rings. The molecule has 0 fully saturated rings. The van der Waals surface area contributed by atoms with E-state index in [1.54, 1.807) is 11.9 Å². The molecule has 2 aromatic rings. The van der Waals surface area contributed by atoms with Crippen LogP contribution in [0.15, 0.2) is 54.6 Å². The molecule has 0 saturated carbocycles. The van der Waals surface area contributed by atoms with E-state index in [-0.39, 0.29) is 18.4 Å². The van der Waals surface area contributed by atoms with Crippen molar-refractivity contribution in [2.75, 3.05) is 24.2 Å². The number of amides is 3. The minimum Gasteiger partial charge on any atom is -0.328 e. The van der Waals surface area contributed by atoms with Crippen LogP contribution in [0.3, 0.4) is 0 Å². The number of anilines is 2. The van der Waals surface area contributed by atoms with Crippen molar-refractivity contribution in [2.45, 2.75) is 26.2 Å². The molecule has 2 N–H and O–H groups in total. The summed E-state index contributed by atoms with van der Waals surface area (Å²) in [5.74, 6) is -0.0882. The van der Waals surface area contributed by atoms with E-state index >= 15 is 0 Å². The number of urea groups is 1. The third-order valence-corrected chi connectivity index (χ3v) is 3.79. The molecule has 0 bridgehead atoms. The van der Waals surface area contributed by atoms with E-state index in [1.165, 1.54) is 0 Å². The average Bonchev–Trinajstić information content (AvgIpc) is 2.60. The van der Waals surface area contributed by atoms with Gasteiger partial charge in [0.05, 0.1) is 6.42 Å². The van der Waals surface area contributed by atoms with Crippen LogP contribution in [0.25, 0.3) is 0 Å². The second kappa shape index (κ2) is 9.47. The van der Waals surface area contributed by atoms with E-state index in [1.807, 2.05) is 54.6 Å². The fourth-order valence-electron chi connectivity index (χ4n) is 2.39.